The Balaban J connectivity index is 1.84. The van der Waals surface area contributed by atoms with Crippen molar-refractivity contribution in [1.29, 1.82) is 0 Å². The Labute approximate surface area is 91.4 Å². The molecule has 0 amide bonds. The van der Waals surface area contributed by atoms with Crippen LogP contribution < -0.4 is 5.73 Å². The van der Waals surface area contributed by atoms with Gasteiger partial charge in [-0.2, -0.15) is 0 Å². The lowest BCUT2D eigenvalue weighted by molar-refractivity contribution is 0.0202. The summed E-state index contributed by atoms with van der Waals surface area (Å²) in [4.78, 5) is 2.37. The van der Waals surface area contributed by atoms with Gasteiger partial charge < -0.3 is 15.6 Å². The van der Waals surface area contributed by atoms with Crippen LogP contribution >= 0.6 is 0 Å². The van der Waals surface area contributed by atoms with Crippen molar-refractivity contribution in [1.82, 2.24) is 4.90 Å². The average molecular weight is 214 g/mol. The second-order valence-electron chi connectivity index (χ2n) is 4.76. The summed E-state index contributed by atoms with van der Waals surface area (Å²) in [6.45, 7) is 3.97. The molecule has 15 heavy (non-hydrogen) atoms. The molecule has 2 aliphatic rings. The van der Waals surface area contributed by atoms with E-state index in [-0.39, 0.29) is 12.6 Å². The fourth-order valence-corrected chi connectivity index (χ4v) is 2.65. The van der Waals surface area contributed by atoms with Crippen LogP contribution in [0.1, 0.15) is 19.3 Å². The van der Waals surface area contributed by atoms with Crippen LogP contribution in [0.4, 0.5) is 0 Å². The molecule has 3 atom stereocenters. The molecule has 2 saturated heterocycles. The van der Waals surface area contributed by atoms with Crippen molar-refractivity contribution < 1.29 is 9.84 Å². The lowest BCUT2D eigenvalue weighted by Gasteiger charge is -2.33. The third kappa shape index (κ3) is 2.69. The van der Waals surface area contributed by atoms with E-state index < -0.39 is 0 Å². The smallest absolute Gasteiger partial charge is 0.0586 e. The van der Waals surface area contributed by atoms with Crippen molar-refractivity contribution in [2.24, 2.45) is 11.7 Å². The van der Waals surface area contributed by atoms with Gasteiger partial charge in [0.2, 0.25) is 0 Å². The molecule has 0 bridgehead atoms. The predicted molar refractivity (Wildman–Crippen MR) is 58.6 cm³/mol. The molecule has 0 spiro atoms. The molecule has 88 valence electrons. The zero-order valence-corrected chi connectivity index (χ0v) is 9.27. The van der Waals surface area contributed by atoms with Crippen molar-refractivity contribution >= 4 is 0 Å². The number of ether oxygens (including phenoxy) is 1. The summed E-state index contributed by atoms with van der Waals surface area (Å²) in [5.74, 6) is 0.450. The molecule has 4 nitrogen and oxygen atoms in total. The van der Waals surface area contributed by atoms with Gasteiger partial charge in [-0.3, -0.25) is 4.90 Å². The number of likely N-dealkylation sites (tertiary alicyclic amines) is 1. The van der Waals surface area contributed by atoms with Crippen LogP contribution in [0.25, 0.3) is 0 Å². The molecule has 3 N–H and O–H groups in total. The zero-order chi connectivity index (χ0) is 10.7. The fourth-order valence-electron chi connectivity index (χ4n) is 2.65. The van der Waals surface area contributed by atoms with Crippen LogP contribution in [0.3, 0.4) is 0 Å². The minimum atomic E-state index is 0.277. The molecule has 2 heterocycles. The molecule has 0 saturated carbocycles. The van der Waals surface area contributed by atoms with E-state index in [2.05, 4.69) is 4.90 Å². The second-order valence-corrected chi connectivity index (χ2v) is 4.76. The zero-order valence-electron chi connectivity index (χ0n) is 9.27. The van der Waals surface area contributed by atoms with Crippen LogP contribution in [-0.2, 0) is 4.74 Å². The van der Waals surface area contributed by atoms with Crippen LogP contribution in [0.5, 0.6) is 0 Å². The number of hydrogen-bond acceptors (Lipinski definition) is 4. The summed E-state index contributed by atoms with van der Waals surface area (Å²) in [7, 11) is 0. The van der Waals surface area contributed by atoms with Gasteiger partial charge in [0.15, 0.2) is 0 Å². The number of aliphatic hydroxyl groups is 1. The maximum absolute atomic E-state index is 9.23. The first-order chi connectivity index (χ1) is 7.31. The Morgan fingerprint density at radius 1 is 1.40 bits per heavy atom. The maximum Gasteiger partial charge on any atom is 0.0586 e. The van der Waals surface area contributed by atoms with Gasteiger partial charge in [0.1, 0.15) is 0 Å². The standard InChI is InChI=1S/C11H22N2O2/c12-11-3-5-15-8-9(11)6-13-4-1-2-10(13)7-14/h9-11,14H,1-8,12H2. The van der Waals surface area contributed by atoms with Crippen molar-refractivity contribution in [3.63, 3.8) is 0 Å². The topological polar surface area (TPSA) is 58.7 Å². The summed E-state index contributed by atoms with van der Waals surface area (Å²) in [5, 5.41) is 9.23. The quantitative estimate of drug-likeness (QED) is 0.683. The first-order valence-electron chi connectivity index (χ1n) is 5.99. The summed E-state index contributed by atoms with van der Waals surface area (Å²) in [5.41, 5.74) is 6.07. The molecule has 3 unspecified atom stereocenters. The molecule has 2 fully saturated rings. The van der Waals surface area contributed by atoms with Crippen LogP contribution in [0.2, 0.25) is 0 Å². The first-order valence-corrected chi connectivity index (χ1v) is 5.99. The Kier molecular flexibility index (Phi) is 3.97. The van der Waals surface area contributed by atoms with Gasteiger partial charge in [-0.15, -0.1) is 0 Å². The molecule has 4 heteroatoms. The van der Waals surface area contributed by atoms with E-state index in [1.807, 2.05) is 0 Å². The van der Waals surface area contributed by atoms with Gasteiger partial charge in [0.25, 0.3) is 0 Å². The third-order valence-electron chi connectivity index (χ3n) is 3.71. The van der Waals surface area contributed by atoms with Crippen LogP contribution in [0.15, 0.2) is 0 Å². The number of nitrogens with two attached hydrogens (primary N) is 1. The first kappa shape index (κ1) is 11.3. The fraction of sp³-hybridized carbons (Fsp3) is 1.00. The molecule has 2 aliphatic heterocycles. The van der Waals surface area contributed by atoms with Gasteiger partial charge in [0.05, 0.1) is 13.2 Å². The molecule has 0 aromatic rings. The molecular formula is C11H22N2O2. The highest BCUT2D eigenvalue weighted by Gasteiger charge is 2.30. The Hall–Kier alpha value is -0.160. The maximum atomic E-state index is 9.23. The van der Waals surface area contributed by atoms with Crippen LogP contribution in [0, 0.1) is 5.92 Å². The normalized spacial score (nSPS) is 38.4. The number of nitrogens with zero attached hydrogens (tertiary/aromatic N) is 1. The van der Waals surface area contributed by atoms with Gasteiger partial charge >= 0.3 is 0 Å². The Morgan fingerprint density at radius 2 is 2.27 bits per heavy atom. The van der Waals surface area contributed by atoms with Gasteiger partial charge in [-0.1, -0.05) is 0 Å². The number of rotatable bonds is 3. The molecule has 0 aromatic carbocycles. The highest BCUT2D eigenvalue weighted by molar-refractivity contribution is 4.85. The predicted octanol–water partition coefficient (Wildman–Crippen LogP) is -0.193. The van der Waals surface area contributed by atoms with Gasteiger partial charge in [0, 0.05) is 31.2 Å². The Bertz CT molecular complexity index is 201. The molecular weight excluding hydrogens is 192 g/mol. The van der Waals surface area contributed by atoms with E-state index in [1.54, 1.807) is 0 Å². The third-order valence-corrected chi connectivity index (χ3v) is 3.71. The van der Waals surface area contributed by atoms with E-state index in [1.165, 1.54) is 6.42 Å². The van der Waals surface area contributed by atoms with E-state index in [0.717, 1.165) is 39.1 Å². The van der Waals surface area contributed by atoms with E-state index in [9.17, 15) is 5.11 Å². The summed E-state index contributed by atoms with van der Waals surface area (Å²) in [6, 6.07) is 0.637. The van der Waals surface area contributed by atoms with Crippen molar-refractivity contribution in [3.05, 3.63) is 0 Å². The van der Waals surface area contributed by atoms with Crippen LogP contribution in [-0.4, -0.2) is 55.0 Å². The van der Waals surface area contributed by atoms with E-state index >= 15 is 0 Å². The van der Waals surface area contributed by atoms with Crippen molar-refractivity contribution in [2.75, 3.05) is 32.9 Å². The highest BCUT2D eigenvalue weighted by atomic mass is 16.5. The number of aliphatic hydroxyl groups excluding tert-OH is 1. The van der Waals surface area contributed by atoms with Crippen molar-refractivity contribution in [3.8, 4) is 0 Å². The monoisotopic (exact) mass is 214 g/mol. The Morgan fingerprint density at radius 3 is 3.00 bits per heavy atom. The summed E-state index contributed by atoms with van der Waals surface area (Å²) >= 11 is 0. The van der Waals surface area contributed by atoms with Gasteiger partial charge in [-0.05, 0) is 25.8 Å². The SMILES string of the molecule is NC1CCOCC1CN1CCCC1CO. The minimum Gasteiger partial charge on any atom is -0.395 e. The summed E-state index contributed by atoms with van der Waals surface area (Å²) in [6.07, 6.45) is 3.30. The minimum absolute atomic E-state index is 0.277. The van der Waals surface area contributed by atoms with Crippen molar-refractivity contribution in [2.45, 2.75) is 31.3 Å². The van der Waals surface area contributed by atoms with Gasteiger partial charge in [-0.25, -0.2) is 0 Å². The largest absolute Gasteiger partial charge is 0.395 e. The lowest BCUT2D eigenvalue weighted by atomic mass is 9.96. The average Bonchev–Trinajstić information content (AvgIpc) is 2.69. The molecule has 0 aliphatic carbocycles. The lowest BCUT2D eigenvalue weighted by Crippen LogP contribution is -2.46. The molecule has 0 radical (unpaired) electrons. The molecule has 0 aromatic heterocycles. The van der Waals surface area contributed by atoms with E-state index in [0.29, 0.717) is 12.0 Å². The second kappa shape index (κ2) is 5.25. The number of hydrogen-bond donors (Lipinski definition) is 2. The summed E-state index contributed by atoms with van der Waals surface area (Å²) < 4.78 is 5.46. The van der Waals surface area contributed by atoms with E-state index in [4.69, 9.17) is 10.5 Å². The molecule has 2 rings (SSSR count). The highest BCUT2D eigenvalue weighted by Crippen LogP contribution is 2.21.